The first kappa shape index (κ1) is 23.5. The zero-order valence-corrected chi connectivity index (χ0v) is 19.0. The van der Waals surface area contributed by atoms with Crippen LogP contribution in [0.3, 0.4) is 0 Å². The number of rotatable bonds is 6. The third-order valence-corrected chi connectivity index (χ3v) is 6.24. The Balaban J connectivity index is 0.00000272. The summed E-state index contributed by atoms with van der Waals surface area (Å²) in [5.41, 5.74) is 0.349. The summed E-state index contributed by atoms with van der Waals surface area (Å²) < 4.78 is 47.8. The van der Waals surface area contributed by atoms with Crippen LogP contribution in [0.5, 0.6) is 5.88 Å². The second-order valence-corrected chi connectivity index (χ2v) is 8.64. The Hall–Kier alpha value is -2.17. The van der Waals surface area contributed by atoms with Crippen molar-refractivity contribution in [3.05, 3.63) is 107 Å². The average molecular weight is 492 g/mol. The van der Waals surface area contributed by atoms with Crippen molar-refractivity contribution >= 4 is 37.4 Å². The van der Waals surface area contributed by atoms with E-state index in [1.807, 2.05) is 18.2 Å². The van der Waals surface area contributed by atoms with Gasteiger partial charge in [0, 0.05) is 16.7 Å². The van der Waals surface area contributed by atoms with Crippen LogP contribution in [0.2, 0.25) is 0 Å². The summed E-state index contributed by atoms with van der Waals surface area (Å²) in [5.74, 6) is 0.124. The van der Waals surface area contributed by atoms with Crippen molar-refractivity contribution in [2.45, 2.75) is 11.1 Å². The van der Waals surface area contributed by atoms with Crippen molar-refractivity contribution in [2.24, 2.45) is 0 Å². The summed E-state index contributed by atoms with van der Waals surface area (Å²) in [6, 6.07) is 23.7. The largest absolute Gasteiger partial charge is 1.00 e. The molecule has 0 aliphatic rings. The van der Waals surface area contributed by atoms with E-state index < -0.39 is 21.8 Å². The number of hydrogen-bond acceptors (Lipinski definition) is 5. The van der Waals surface area contributed by atoms with Crippen LogP contribution in [0.4, 0.5) is 4.39 Å². The number of halogens is 2. The van der Waals surface area contributed by atoms with E-state index in [2.05, 4.69) is 20.9 Å². The molecule has 0 spiro atoms. The van der Waals surface area contributed by atoms with E-state index in [-0.39, 0.29) is 30.3 Å². The van der Waals surface area contributed by atoms with Gasteiger partial charge >= 0.3 is 18.9 Å². The fourth-order valence-electron chi connectivity index (χ4n) is 3.27. The number of nitrogens with zero attached hydrogens (tertiary/aromatic N) is 1. The molecule has 4 nitrogen and oxygen atoms in total. The second-order valence-electron chi connectivity index (χ2n) is 6.66. The number of aromatic nitrogens is 1. The first-order valence-corrected chi connectivity index (χ1v) is 11.0. The van der Waals surface area contributed by atoms with Gasteiger partial charge in [0.05, 0.1) is 0 Å². The van der Waals surface area contributed by atoms with Gasteiger partial charge in [-0.15, -0.1) is 0 Å². The molecule has 0 bridgehead atoms. The van der Waals surface area contributed by atoms with Gasteiger partial charge < -0.3 is 13.2 Å². The van der Waals surface area contributed by atoms with Crippen LogP contribution in [-0.2, 0) is 24.1 Å². The monoisotopic (exact) mass is 491 g/mol. The number of alkyl halides is 1. The van der Waals surface area contributed by atoms with Crippen molar-refractivity contribution < 1.29 is 36.4 Å². The van der Waals surface area contributed by atoms with Gasteiger partial charge in [-0.2, -0.15) is 0 Å². The van der Waals surface area contributed by atoms with Crippen LogP contribution in [0.25, 0.3) is 10.8 Å². The fraction of sp³-hybridized carbons (Fsp3) is 0.0870. The third kappa shape index (κ3) is 4.86. The second kappa shape index (κ2) is 9.97. The predicted octanol–water partition coefficient (Wildman–Crippen LogP) is 3.25. The zero-order valence-electron chi connectivity index (χ0n) is 16.6. The Bertz CT molecular complexity index is 1250. The molecule has 0 amide bonds. The first-order valence-electron chi connectivity index (χ1n) is 9.09. The minimum atomic E-state index is -3.15. The van der Waals surface area contributed by atoms with E-state index in [4.69, 9.17) is 4.74 Å². The molecule has 4 aromatic rings. The maximum Gasteiger partial charge on any atom is 1.00 e. The molecule has 0 saturated heterocycles. The number of pyridine rings is 1. The normalized spacial score (nSPS) is 13.9. The van der Waals surface area contributed by atoms with Crippen molar-refractivity contribution in [2.75, 3.05) is 0 Å². The number of hydrogen-bond donors (Lipinski definition) is 0. The van der Waals surface area contributed by atoms with Gasteiger partial charge in [-0.25, -0.2) is 4.98 Å². The molecule has 0 aliphatic carbocycles. The van der Waals surface area contributed by atoms with E-state index in [0.29, 0.717) is 5.56 Å². The van der Waals surface area contributed by atoms with Gasteiger partial charge in [-0.1, -0.05) is 70.5 Å². The molecule has 0 radical (unpaired) electrons. The van der Waals surface area contributed by atoms with Crippen molar-refractivity contribution in [3.63, 3.8) is 0 Å². The third-order valence-electron chi connectivity index (χ3n) is 4.77. The standard InChI is InChI=1S/C23H16BrFNO3S.Li/c24-20-12-9-17(10-13-20)22(29-21-7-3-4-14-26-21)23(25,30(27)28)19-11-8-16-5-1-2-6-18(16)15-19;/h1-15,22H;/q-1;+1/t22-,23-;/m0./s1. The van der Waals surface area contributed by atoms with Gasteiger partial charge in [-0.3, -0.25) is 4.39 Å². The summed E-state index contributed by atoms with van der Waals surface area (Å²) in [7, 11) is -3.15. The quantitative estimate of drug-likeness (QED) is 0.307. The number of ether oxygens (including phenoxy) is 1. The van der Waals surface area contributed by atoms with Gasteiger partial charge in [0.25, 0.3) is 0 Å². The van der Waals surface area contributed by atoms with Crippen LogP contribution in [0.15, 0.2) is 95.6 Å². The topological polar surface area (TPSA) is 56.3 Å². The van der Waals surface area contributed by atoms with Gasteiger partial charge in [0.15, 0.2) is 5.00 Å². The van der Waals surface area contributed by atoms with E-state index >= 15 is 4.39 Å². The Labute approximate surface area is 201 Å². The van der Waals surface area contributed by atoms with E-state index in [1.165, 1.54) is 12.3 Å². The fourth-order valence-corrected chi connectivity index (χ4v) is 4.21. The molecule has 0 fully saturated rings. The molecule has 0 N–H and O–H groups in total. The van der Waals surface area contributed by atoms with Gasteiger partial charge in [-0.05, 0) is 56.9 Å². The summed E-state index contributed by atoms with van der Waals surface area (Å²) in [6.45, 7) is 0. The molecular weight excluding hydrogens is 476 g/mol. The number of benzene rings is 3. The van der Waals surface area contributed by atoms with Gasteiger partial charge in [0.1, 0.15) is 6.10 Å². The van der Waals surface area contributed by atoms with Crippen LogP contribution in [0, 0.1) is 0 Å². The maximum absolute atomic E-state index is 16.5. The summed E-state index contributed by atoms with van der Waals surface area (Å²) in [6.07, 6.45) is 0.0259. The van der Waals surface area contributed by atoms with Crippen molar-refractivity contribution in [1.29, 1.82) is 0 Å². The molecular formula is C23H16BrFLiNO3S. The molecule has 8 heteroatoms. The minimum Gasteiger partial charge on any atom is -0.468 e. The maximum atomic E-state index is 16.5. The zero-order chi connectivity index (χ0) is 21.1. The van der Waals surface area contributed by atoms with Crippen LogP contribution in [-0.4, -0.2) is 4.98 Å². The SMILES string of the molecule is O=[S-](=O)[C@@](F)(c1ccc2ccccc2c1)[C@@H](Oc1ccccn1)c1ccc(Br)cc1.[Li+]. The predicted molar refractivity (Wildman–Crippen MR) is 117 cm³/mol. The average Bonchev–Trinajstić information content (AvgIpc) is 2.78. The van der Waals surface area contributed by atoms with E-state index in [0.717, 1.165) is 15.2 Å². The summed E-state index contributed by atoms with van der Waals surface area (Å²) >= 11 is 3.34. The van der Waals surface area contributed by atoms with Crippen molar-refractivity contribution in [1.82, 2.24) is 4.98 Å². The molecule has 1 aromatic heterocycles. The van der Waals surface area contributed by atoms with Crippen LogP contribution >= 0.6 is 15.9 Å². The first-order chi connectivity index (χ1) is 14.5. The molecule has 31 heavy (non-hydrogen) atoms. The summed E-state index contributed by atoms with van der Waals surface area (Å²) in [5, 5.41) is -1.24. The van der Waals surface area contributed by atoms with Crippen molar-refractivity contribution in [3.8, 4) is 5.88 Å². The Morgan fingerprint density at radius 1 is 0.903 bits per heavy atom. The molecule has 4 rings (SSSR count). The molecule has 0 aliphatic heterocycles. The molecule has 0 saturated carbocycles. The Kier molecular flexibility index (Phi) is 7.55. The molecule has 0 unspecified atom stereocenters. The molecule has 1 heterocycles. The summed E-state index contributed by atoms with van der Waals surface area (Å²) in [4.78, 5) is 4.08. The van der Waals surface area contributed by atoms with Crippen LogP contribution in [0.1, 0.15) is 17.2 Å². The van der Waals surface area contributed by atoms with E-state index in [1.54, 1.807) is 60.7 Å². The van der Waals surface area contributed by atoms with Gasteiger partial charge in [0.2, 0.25) is 5.88 Å². The minimum absolute atomic E-state index is 0. The molecule has 3 aromatic carbocycles. The van der Waals surface area contributed by atoms with Crippen LogP contribution < -0.4 is 23.6 Å². The van der Waals surface area contributed by atoms with E-state index in [9.17, 15) is 8.42 Å². The smallest absolute Gasteiger partial charge is 0.468 e. The molecule has 152 valence electrons. The Morgan fingerprint density at radius 3 is 2.23 bits per heavy atom. The molecule has 2 atom stereocenters. The number of fused-ring (bicyclic) bond motifs is 1. The Morgan fingerprint density at radius 2 is 1.58 bits per heavy atom.